The van der Waals surface area contributed by atoms with E-state index in [4.69, 9.17) is 9.84 Å². The molecule has 0 bridgehead atoms. The van der Waals surface area contributed by atoms with Gasteiger partial charge in [-0.15, -0.1) is 12.4 Å². The maximum Gasteiger partial charge on any atom is 0.197 e. The van der Waals surface area contributed by atoms with E-state index in [9.17, 15) is 14.8 Å². The molecule has 0 aromatic heterocycles. The first-order valence-corrected chi connectivity index (χ1v) is 9.05. The minimum absolute atomic E-state index is 0. The third kappa shape index (κ3) is 7.92. The van der Waals surface area contributed by atoms with Gasteiger partial charge in [-0.1, -0.05) is 0 Å². The number of hydrogen-bond donors (Lipinski definition) is 4. The van der Waals surface area contributed by atoms with Gasteiger partial charge >= 0.3 is 0 Å². The first kappa shape index (κ1) is 23.3. The average molecular weight is 382 g/mol. The topological polar surface area (TPSA) is 105 Å². The molecule has 0 saturated carbocycles. The van der Waals surface area contributed by atoms with Crippen molar-refractivity contribution in [2.75, 3.05) is 19.5 Å². The monoisotopic (exact) mass is 381 g/mol. The predicted octanol–water partition coefficient (Wildman–Crippen LogP) is 1.43. The highest BCUT2D eigenvalue weighted by atomic mass is 35.5. The predicted molar refractivity (Wildman–Crippen MR) is 97.6 cm³/mol. The van der Waals surface area contributed by atoms with E-state index in [0.29, 0.717) is 12.2 Å². The van der Waals surface area contributed by atoms with Gasteiger partial charge in [0.1, 0.15) is 24.7 Å². The zero-order valence-electron chi connectivity index (χ0n) is 14.5. The van der Waals surface area contributed by atoms with Crippen LogP contribution in [0.25, 0.3) is 0 Å². The SMILES string of the molecule is C[S+]([O-])c1cc(OCC(O)C(CCO)NC(C)(C)C)ccc1O.Cl. The highest BCUT2D eigenvalue weighted by molar-refractivity contribution is 7.90. The van der Waals surface area contributed by atoms with Crippen LogP contribution in [0.5, 0.6) is 11.5 Å². The largest absolute Gasteiger partial charge is 0.612 e. The summed E-state index contributed by atoms with van der Waals surface area (Å²) in [5.41, 5.74) is -0.203. The van der Waals surface area contributed by atoms with Gasteiger partial charge in [0.2, 0.25) is 0 Å². The quantitative estimate of drug-likeness (QED) is 0.508. The molecule has 0 aliphatic carbocycles. The Labute approximate surface area is 152 Å². The van der Waals surface area contributed by atoms with Crippen molar-refractivity contribution in [1.82, 2.24) is 5.32 Å². The number of aromatic hydroxyl groups is 1. The molecule has 0 aliphatic rings. The van der Waals surface area contributed by atoms with E-state index in [0.717, 1.165) is 0 Å². The molecule has 1 aromatic rings. The van der Waals surface area contributed by atoms with Crippen LogP contribution in [0, 0.1) is 0 Å². The van der Waals surface area contributed by atoms with Crippen molar-refractivity contribution in [2.45, 2.75) is 49.8 Å². The number of aliphatic hydroxyl groups is 2. The first-order valence-electron chi connectivity index (χ1n) is 7.50. The number of aliphatic hydroxyl groups excluding tert-OH is 2. The van der Waals surface area contributed by atoms with E-state index in [-0.39, 0.29) is 47.8 Å². The molecule has 0 aliphatic heterocycles. The lowest BCUT2D eigenvalue weighted by Gasteiger charge is -2.31. The van der Waals surface area contributed by atoms with Gasteiger partial charge in [-0.25, -0.2) is 0 Å². The van der Waals surface area contributed by atoms with Crippen LogP contribution in [-0.2, 0) is 11.2 Å². The molecule has 1 rings (SSSR count). The molecule has 0 saturated heterocycles. The summed E-state index contributed by atoms with van der Waals surface area (Å²) in [5, 5.41) is 32.3. The van der Waals surface area contributed by atoms with E-state index in [1.165, 1.54) is 18.4 Å². The number of halogens is 1. The molecule has 140 valence electrons. The average Bonchev–Trinajstić information content (AvgIpc) is 2.44. The zero-order chi connectivity index (χ0) is 17.6. The summed E-state index contributed by atoms with van der Waals surface area (Å²) < 4.78 is 17.1. The number of rotatable bonds is 8. The van der Waals surface area contributed by atoms with Gasteiger partial charge in [0, 0.05) is 24.3 Å². The second-order valence-corrected chi connectivity index (χ2v) is 7.82. The number of phenolic OH excluding ortho intramolecular Hbond substituents is 1. The minimum Gasteiger partial charge on any atom is -0.612 e. The van der Waals surface area contributed by atoms with Crippen LogP contribution in [0.1, 0.15) is 27.2 Å². The van der Waals surface area contributed by atoms with Crippen molar-refractivity contribution in [3.05, 3.63) is 18.2 Å². The molecule has 24 heavy (non-hydrogen) atoms. The highest BCUT2D eigenvalue weighted by Gasteiger charge is 2.24. The number of ether oxygens (including phenoxy) is 1. The van der Waals surface area contributed by atoms with Crippen molar-refractivity contribution >= 4 is 23.6 Å². The Kier molecular flexibility index (Phi) is 10.0. The fraction of sp³-hybridized carbons (Fsp3) is 0.625. The number of hydrogen-bond acceptors (Lipinski definition) is 6. The highest BCUT2D eigenvalue weighted by Crippen LogP contribution is 2.27. The van der Waals surface area contributed by atoms with Gasteiger partial charge in [0.15, 0.2) is 10.6 Å². The molecule has 0 heterocycles. The summed E-state index contributed by atoms with van der Waals surface area (Å²) in [7, 11) is 0. The maximum absolute atomic E-state index is 11.5. The Morgan fingerprint density at radius 3 is 2.46 bits per heavy atom. The van der Waals surface area contributed by atoms with Gasteiger partial charge in [0.05, 0.1) is 0 Å². The molecule has 6 nitrogen and oxygen atoms in total. The van der Waals surface area contributed by atoms with Crippen LogP contribution < -0.4 is 10.1 Å². The van der Waals surface area contributed by atoms with Crippen molar-refractivity contribution in [3.63, 3.8) is 0 Å². The van der Waals surface area contributed by atoms with Crippen molar-refractivity contribution in [1.29, 1.82) is 0 Å². The Balaban J connectivity index is 0.00000529. The summed E-state index contributed by atoms with van der Waals surface area (Å²) in [4.78, 5) is 0.289. The lowest BCUT2D eigenvalue weighted by molar-refractivity contribution is 0.0538. The van der Waals surface area contributed by atoms with E-state index in [2.05, 4.69) is 5.32 Å². The fourth-order valence-corrected chi connectivity index (χ4v) is 2.81. The van der Waals surface area contributed by atoms with Crippen molar-refractivity contribution < 1.29 is 24.6 Å². The van der Waals surface area contributed by atoms with Gasteiger partial charge in [-0.05, 0) is 50.5 Å². The second-order valence-electron chi connectivity index (χ2n) is 6.48. The molecule has 0 spiro atoms. The summed E-state index contributed by atoms with van der Waals surface area (Å²) in [6.45, 7) is 5.92. The number of benzene rings is 1. The van der Waals surface area contributed by atoms with Gasteiger partial charge in [0.25, 0.3) is 0 Å². The molecular weight excluding hydrogens is 354 g/mol. The zero-order valence-corrected chi connectivity index (χ0v) is 16.1. The molecule has 4 N–H and O–H groups in total. The molecule has 0 amide bonds. The van der Waals surface area contributed by atoms with Crippen LogP contribution in [0.2, 0.25) is 0 Å². The van der Waals surface area contributed by atoms with Gasteiger partial charge in [-0.2, -0.15) is 0 Å². The summed E-state index contributed by atoms with van der Waals surface area (Å²) in [6, 6.07) is 4.15. The molecule has 8 heteroatoms. The van der Waals surface area contributed by atoms with E-state index in [1.54, 1.807) is 6.07 Å². The summed E-state index contributed by atoms with van der Waals surface area (Å²) in [5.74, 6) is 0.372. The molecule has 3 unspecified atom stereocenters. The summed E-state index contributed by atoms with van der Waals surface area (Å²) in [6.07, 6.45) is 1.06. The Bertz CT molecular complexity index is 496. The Hall–Kier alpha value is -0.700. The number of phenols is 1. The Morgan fingerprint density at radius 2 is 1.96 bits per heavy atom. The summed E-state index contributed by atoms with van der Waals surface area (Å²) >= 11 is -1.33. The van der Waals surface area contributed by atoms with Gasteiger partial charge < -0.3 is 29.9 Å². The van der Waals surface area contributed by atoms with Crippen LogP contribution in [0.4, 0.5) is 0 Å². The molecule has 1 aromatic carbocycles. The van der Waals surface area contributed by atoms with Crippen LogP contribution in [0.15, 0.2) is 23.1 Å². The fourth-order valence-electron chi connectivity index (χ4n) is 2.17. The lowest BCUT2D eigenvalue weighted by atomic mass is 10.0. The maximum atomic E-state index is 11.5. The molecule has 3 atom stereocenters. The van der Waals surface area contributed by atoms with Crippen molar-refractivity contribution in [3.8, 4) is 11.5 Å². The standard InChI is InChI=1S/C16H27NO5S.ClH/c1-16(2,3)17-12(7-8-18)14(20)10-22-11-5-6-13(19)15(9-11)23(4)21;/h5-6,9,12,14,17-20H,7-8,10H2,1-4H3;1H. The van der Waals surface area contributed by atoms with Crippen LogP contribution in [0.3, 0.4) is 0 Å². The normalized spacial score (nSPS) is 15.3. The number of nitrogens with one attached hydrogen (secondary N) is 1. The molecular formula is C16H28ClNO5S. The van der Waals surface area contributed by atoms with Gasteiger partial charge in [-0.3, -0.25) is 0 Å². The van der Waals surface area contributed by atoms with E-state index < -0.39 is 17.3 Å². The first-order chi connectivity index (χ1) is 10.6. The minimum atomic E-state index is -1.33. The van der Waals surface area contributed by atoms with Crippen LogP contribution in [-0.4, -0.2) is 57.0 Å². The molecule has 0 fully saturated rings. The van der Waals surface area contributed by atoms with E-state index in [1.807, 2.05) is 20.8 Å². The molecule has 0 radical (unpaired) electrons. The smallest absolute Gasteiger partial charge is 0.197 e. The lowest BCUT2D eigenvalue weighted by Crippen LogP contribution is -2.51. The third-order valence-electron chi connectivity index (χ3n) is 3.18. The van der Waals surface area contributed by atoms with Crippen LogP contribution >= 0.6 is 12.4 Å². The Morgan fingerprint density at radius 1 is 1.33 bits per heavy atom. The third-order valence-corrected chi connectivity index (χ3v) is 4.13. The second kappa shape index (κ2) is 10.3. The van der Waals surface area contributed by atoms with Crippen molar-refractivity contribution in [2.24, 2.45) is 0 Å². The van der Waals surface area contributed by atoms with E-state index >= 15 is 0 Å².